The van der Waals surface area contributed by atoms with Crippen LogP contribution in [0.15, 0.2) is 24.8 Å². The standard InChI is InChI=1S/C17H21ClN2O2/c1-4-11-7-14-13(8-20(11)15(21)9-22-3)12-6-5-10(2)16(18)17(12)19-14/h4-6,11,13-14,19H,1,7-9H2,2-3H3/t11-,13?,14?/m0/s1. The van der Waals surface area contributed by atoms with Crippen LogP contribution >= 0.6 is 11.6 Å². The smallest absolute Gasteiger partial charge is 0.249 e. The summed E-state index contributed by atoms with van der Waals surface area (Å²) in [5.74, 6) is 0.280. The van der Waals surface area contributed by atoms with Crippen molar-refractivity contribution in [2.24, 2.45) is 0 Å². The van der Waals surface area contributed by atoms with Crippen LogP contribution in [0.5, 0.6) is 0 Å². The molecule has 0 radical (unpaired) electrons. The van der Waals surface area contributed by atoms with Crippen LogP contribution in [-0.2, 0) is 9.53 Å². The third kappa shape index (κ3) is 2.40. The predicted molar refractivity (Wildman–Crippen MR) is 88.5 cm³/mol. The van der Waals surface area contributed by atoms with Crippen molar-refractivity contribution in [2.45, 2.75) is 31.3 Å². The molecule has 1 amide bonds. The Labute approximate surface area is 136 Å². The number of anilines is 1. The molecule has 5 heteroatoms. The Morgan fingerprint density at radius 2 is 2.36 bits per heavy atom. The molecule has 1 aromatic carbocycles. The largest absolute Gasteiger partial charge is 0.380 e. The van der Waals surface area contributed by atoms with Crippen molar-refractivity contribution in [3.63, 3.8) is 0 Å². The number of aryl methyl sites for hydroxylation is 1. The van der Waals surface area contributed by atoms with E-state index in [2.05, 4.69) is 18.0 Å². The van der Waals surface area contributed by atoms with Crippen molar-refractivity contribution in [1.29, 1.82) is 0 Å². The average Bonchev–Trinajstić information content (AvgIpc) is 2.88. The third-order valence-electron chi connectivity index (χ3n) is 4.73. The van der Waals surface area contributed by atoms with Crippen molar-refractivity contribution >= 4 is 23.2 Å². The van der Waals surface area contributed by atoms with E-state index in [1.807, 2.05) is 24.0 Å². The molecule has 0 aromatic heterocycles. The fraction of sp³-hybridized carbons (Fsp3) is 0.471. The van der Waals surface area contributed by atoms with E-state index in [-0.39, 0.29) is 24.5 Å². The fourth-order valence-electron chi connectivity index (χ4n) is 3.55. The van der Waals surface area contributed by atoms with E-state index < -0.39 is 0 Å². The number of likely N-dealkylation sites (tertiary alicyclic amines) is 1. The van der Waals surface area contributed by atoms with Crippen molar-refractivity contribution in [3.8, 4) is 0 Å². The minimum atomic E-state index is 0.0116. The summed E-state index contributed by atoms with van der Waals surface area (Å²) in [5, 5.41) is 4.34. The molecule has 22 heavy (non-hydrogen) atoms. The van der Waals surface area contributed by atoms with Crippen LogP contribution in [0.1, 0.15) is 23.5 Å². The molecular formula is C17H21ClN2O2. The number of carbonyl (C=O) groups excluding carboxylic acids is 1. The van der Waals surface area contributed by atoms with Crippen LogP contribution in [0.4, 0.5) is 5.69 Å². The average molecular weight is 321 g/mol. The van der Waals surface area contributed by atoms with Gasteiger partial charge in [-0.05, 0) is 24.5 Å². The lowest BCUT2D eigenvalue weighted by Gasteiger charge is -2.40. The van der Waals surface area contributed by atoms with E-state index in [0.29, 0.717) is 12.6 Å². The van der Waals surface area contributed by atoms with Crippen molar-refractivity contribution in [1.82, 2.24) is 4.90 Å². The lowest BCUT2D eigenvalue weighted by Crippen LogP contribution is -2.51. The number of ether oxygens (including phenoxy) is 1. The molecule has 1 fully saturated rings. The summed E-state index contributed by atoms with van der Waals surface area (Å²) in [4.78, 5) is 14.2. The monoisotopic (exact) mass is 320 g/mol. The second kappa shape index (κ2) is 5.94. The number of carbonyl (C=O) groups is 1. The highest BCUT2D eigenvalue weighted by Crippen LogP contribution is 2.45. The summed E-state index contributed by atoms with van der Waals surface area (Å²) in [5.41, 5.74) is 3.30. The maximum absolute atomic E-state index is 12.3. The number of nitrogens with one attached hydrogen (secondary N) is 1. The van der Waals surface area contributed by atoms with Crippen molar-refractivity contribution < 1.29 is 9.53 Å². The van der Waals surface area contributed by atoms with E-state index in [1.165, 1.54) is 5.56 Å². The normalized spacial score (nSPS) is 26.1. The van der Waals surface area contributed by atoms with Gasteiger partial charge in [-0.3, -0.25) is 4.79 Å². The Balaban J connectivity index is 1.91. The molecule has 1 saturated heterocycles. The molecule has 0 saturated carbocycles. The molecule has 1 N–H and O–H groups in total. The Bertz CT molecular complexity index is 617. The number of fused-ring (bicyclic) bond motifs is 3. The number of methoxy groups -OCH3 is 1. The molecule has 118 valence electrons. The summed E-state index contributed by atoms with van der Waals surface area (Å²) < 4.78 is 5.00. The van der Waals surface area contributed by atoms with Gasteiger partial charge in [0.25, 0.3) is 0 Å². The highest BCUT2D eigenvalue weighted by molar-refractivity contribution is 6.34. The quantitative estimate of drug-likeness (QED) is 0.871. The van der Waals surface area contributed by atoms with Gasteiger partial charge in [0, 0.05) is 25.6 Å². The second-order valence-electron chi connectivity index (χ2n) is 6.04. The first-order chi connectivity index (χ1) is 10.6. The molecule has 2 heterocycles. The zero-order chi connectivity index (χ0) is 15.9. The molecule has 3 atom stereocenters. The van der Waals surface area contributed by atoms with Gasteiger partial charge in [-0.1, -0.05) is 29.8 Å². The number of rotatable bonds is 3. The van der Waals surface area contributed by atoms with Gasteiger partial charge in [-0.2, -0.15) is 0 Å². The Morgan fingerprint density at radius 3 is 3.05 bits per heavy atom. The highest BCUT2D eigenvalue weighted by atomic mass is 35.5. The van der Waals surface area contributed by atoms with Gasteiger partial charge < -0.3 is 15.0 Å². The van der Waals surface area contributed by atoms with Crippen LogP contribution in [0.25, 0.3) is 0 Å². The molecule has 0 spiro atoms. The van der Waals surface area contributed by atoms with Crippen LogP contribution in [0, 0.1) is 6.92 Å². The number of nitrogens with zero attached hydrogens (tertiary/aromatic N) is 1. The number of hydrogen-bond donors (Lipinski definition) is 1. The predicted octanol–water partition coefficient (Wildman–Crippen LogP) is 2.96. The Kier molecular flexibility index (Phi) is 4.15. The number of benzene rings is 1. The first-order valence-corrected chi connectivity index (χ1v) is 7.91. The molecule has 2 aliphatic heterocycles. The van der Waals surface area contributed by atoms with Crippen molar-refractivity contribution in [3.05, 3.63) is 40.9 Å². The van der Waals surface area contributed by atoms with Crippen LogP contribution < -0.4 is 5.32 Å². The summed E-state index contributed by atoms with van der Waals surface area (Å²) in [7, 11) is 1.54. The number of amides is 1. The zero-order valence-corrected chi connectivity index (χ0v) is 13.7. The van der Waals surface area contributed by atoms with Crippen molar-refractivity contribution in [2.75, 3.05) is 25.6 Å². The summed E-state index contributed by atoms with van der Waals surface area (Å²) in [6, 6.07) is 4.50. The molecule has 0 aliphatic carbocycles. The fourth-order valence-corrected chi connectivity index (χ4v) is 3.78. The van der Waals surface area contributed by atoms with Gasteiger partial charge in [0.15, 0.2) is 0 Å². The number of hydrogen-bond acceptors (Lipinski definition) is 3. The maximum atomic E-state index is 12.3. The molecule has 2 aliphatic rings. The maximum Gasteiger partial charge on any atom is 0.249 e. The Hall–Kier alpha value is -1.52. The van der Waals surface area contributed by atoms with E-state index in [4.69, 9.17) is 16.3 Å². The summed E-state index contributed by atoms with van der Waals surface area (Å²) in [6.45, 7) is 6.67. The molecule has 2 unspecified atom stereocenters. The third-order valence-corrected chi connectivity index (χ3v) is 5.22. The van der Waals surface area contributed by atoms with Crippen LogP contribution in [0.2, 0.25) is 5.02 Å². The summed E-state index contributed by atoms with van der Waals surface area (Å²) in [6.07, 6.45) is 2.69. The van der Waals surface area contributed by atoms with Gasteiger partial charge >= 0.3 is 0 Å². The molecule has 1 aromatic rings. The SMILES string of the molecule is C=C[C@H]1CC2Nc3c(ccc(C)c3Cl)C2CN1C(=O)COC. The van der Waals surface area contributed by atoms with Gasteiger partial charge in [0.2, 0.25) is 5.91 Å². The minimum absolute atomic E-state index is 0.0116. The van der Waals surface area contributed by atoms with Gasteiger partial charge in [-0.25, -0.2) is 0 Å². The minimum Gasteiger partial charge on any atom is -0.380 e. The molecule has 4 nitrogen and oxygen atoms in total. The molecule has 3 rings (SSSR count). The number of halogens is 1. The van der Waals surface area contributed by atoms with Gasteiger partial charge in [0.1, 0.15) is 6.61 Å². The van der Waals surface area contributed by atoms with Gasteiger partial charge in [0.05, 0.1) is 16.8 Å². The summed E-state index contributed by atoms with van der Waals surface area (Å²) >= 11 is 6.44. The zero-order valence-electron chi connectivity index (χ0n) is 12.9. The van der Waals surface area contributed by atoms with Gasteiger partial charge in [-0.15, -0.1) is 6.58 Å². The Morgan fingerprint density at radius 1 is 1.59 bits per heavy atom. The molecular weight excluding hydrogens is 300 g/mol. The van der Waals surface area contributed by atoms with E-state index in [1.54, 1.807) is 7.11 Å². The van der Waals surface area contributed by atoms with Crippen LogP contribution in [0.3, 0.4) is 0 Å². The van der Waals surface area contributed by atoms with E-state index >= 15 is 0 Å². The first-order valence-electron chi connectivity index (χ1n) is 7.53. The van der Waals surface area contributed by atoms with E-state index in [0.717, 1.165) is 22.7 Å². The highest BCUT2D eigenvalue weighted by Gasteiger charge is 2.42. The second-order valence-corrected chi connectivity index (χ2v) is 6.41. The lowest BCUT2D eigenvalue weighted by molar-refractivity contribution is -0.138. The topological polar surface area (TPSA) is 41.6 Å². The van der Waals surface area contributed by atoms with E-state index in [9.17, 15) is 4.79 Å². The lowest BCUT2D eigenvalue weighted by atomic mass is 9.85. The molecule has 0 bridgehead atoms. The first kappa shape index (κ1) is 15.4. The van der Waals surface area contributed by atoms with Crippen LogP contribution in [-0.4, -0.2) is 43.2 Å². The number of piperidine rings is 1.